The SMILES string of the molecule is CCOc1ccc(C(C)NC(=O)/C=C/c2ccc(C)cc2)cc1. The van der Waals surface area contributed by atoms with Crippen LogP contribution in [0.2, 0.25) is 0 Å². The molecular formula is C20H23NO2. The zero-order valence-electron chi connectivity index (χ0n) is 13.9. The standard InChI is InChI=1S/C20H23NO2/c1-4-23-19-12-10-18(11-13-19)16(3)21-20(22)14-9-17-7-5-15(2)6-8-17/h5-14,16H,4H2,1-3H3,(H,21,22)/b14-9+. The molecule has 0 saturated carbocycles. The molecule has 2 aromatic rings. The third-order valence-electron chi connectivity index (χ3n) is 3.55. The molecule has 1 atom stereocenters. The van der Waals surface area contributed by atoms with E-state index < -0.39 is 0 Å². The summed E-state index contributed by atoms with van der Waals surface area (Å²) in [4.78, 5) is 12.0. The fraction of sp³-hybridized carbons (Fsp3) is 0.250. The highest BCUT2D eigenvalue weighted by Crippen LogP contribution is 2.17. The van der Waals surface area contributed by atoms with E-state index in [2.05, 4.69) is 5.32 Å². The van der Waals surface area contributed by atoms with Gasteiger partial charge < -0.3 is 10.1 Å². The third kappa shape index (κ3) is 5.29. The molecule has 23 heavy (non-hydrogen) atoms. The summed E-state index contributed by atoms with van der Waals surface area (Å²) >= 11 is 0. The van der Waals surface area contributed by atoms with E-state index in [1.54, 1.807) is 6.08 Å². The Labute approximate surface area is 138 Å². The van der Waals surface area contributed by atoms with Gasteiger partial charge in [-0.05, 0) is 50.1 Å². The fourth-order valence-corrected chi connectivity index (χ4v) is 2.21. The van der Waals surface area contributed by atoms with Gasteiger partial charge in [0.15, 0.2) is 0 Å². The molecule has 0 heterocycles. The van der Waals surface area contributed by atoms with Crippen LogP contribution in [0.15, 0.2) is 54.6 Å². The largest absolute Gasteiger partial charge is 0.494 e. The first-order valence-electron chi connectivity index (χ1n) is 7.86. The molecule has 0 aliphatic heterocycles. The maximum Gasteiger partial charge on any atom is 0.244 e. The average molecular weight is 309 g/mol. The molecular weight excluding hydrogens is 286 g/mol. The van der Waals surface area contributed by atoms with Crippen LogP contribution in [0.1, 0.15) is 36.6 Å². The van der Waals surface area contributed by atoms with Crippen molar-refractivity contribution in [1.29, 1.82) is 0 Å². The first kappa shape index (κ1) is 16.8. The van der Waals surface area contributed by atoms with Crippen LogP contribution in [-0.2, 0) is 4.79 Å². The molecule has 2 aromatic carbocycles. The predicted octanol–water partition coefficient (Wildman–Crippen LogP) is 4.28. The summed E-state index contributed by atoms with van der Waals surface area (Å²) in [5.74, 6) is 0.737. The summed E-state index contributed by atoms with van der Waals surface area (Å²) in [7, 11) is 0. The minimum Gasteiger partial charge on any atom is -0.494 e. The van der Waals surface area contributed by atoms with Crippen LogP contribution in [0.3, 0.4) is 0 Å². The lowest BCUT2D eigenvalue weighted by molar-refractivity contribution is -0.117. The molecule has 1 N–H and O–H groups in total. The lowest BCUT2D eigenvalue weighted by atomic mass is 10.1. The number of hydrogen-bond acceptors (Lipinski definition) is 2. The van der Waals surface area contributed by atoms with E-state index in [9.17, 15) is 4.79 Å². The quantitative estimate of drug-likeness (QED) is 0.809. The molecule has 0 saturated heterocycles. The Bertz CT molecular complexity index is 657. The van der Waals surface area contributed by atoms with Crippen molar-refractivity contribution in [1.82, 2.24) is 5.32 Å². The third-order valence-corrected chi connectivity index (χ3v) is 3.55. The Kier molecular flexibility index (Phi) is 5.98. The number of benzene rings is 2. The van der Waals surface area contributed by atoms with Gasteiger partial charge in [0.2, 0.25) is 5.91 Å². The number of hydrogen-bond donors (Lipinski definition) is 1. The smallest absolute Gasteiger partial charge is 0.244 e. The minimum absolute atomic E-state index is 0.0548. The number of aryl methyl sites for hydroxylation is 1. The maximum atomic E-state index is 12.0. The van der Waals surface area contributed by atoms with Crippen molar-refractivity contribution in [3.8, 4) is 5.75 Å². The van der Waals surface area contributed by atoms with E-state index in [-0.39, 0.29) is 11.9 Å². The van der Waals surface area contributed by atoms with Crippen LogP contribution >= 0.6 is 0 Å². The Hall–Kier alpha value is -2.55. The van der Waals surface area contributed by atoms with Crippen molar-refractivity contribution < 1.29 is 9.53 Å². The van der Waals surface area contributed by atoms with Crippen LogP contribution in [0.5, 0.6) is 5.75 Å². The van der Waals surface area contributed by atoms with E-state index in [0.29, 0.717) is 6.61 Å². The zero-order chi connectivity index (χ0) is 16.7. The Morgan fingerprint density at radius 1 is 1.13 bits per heavy atom. The van der Waals surface area contributed by atoms with Gasteiger partial charge in [-0.15, -0.1) is 0 Å². The molecule has 0 aliphatic carbocycles. The monoisotopic (exact) mass is 309 g/mol. The normalized spacial score (nSPS) is 12.1. The van der Waals surface area contributed by atoms with Crippen molar-refractivity contribution in [2.45, 2.75) is 26.8 Å². The second-order valence-corrected chi connectivity index (χ2v) is 5.48. The number of rotatable bonds is 6. The summed E-state index contributed by atoms with van der Waals surface area (Å²) < 4.78 is 5.42. The van der Waals surface area contributed by atoms with Gasteiger partial charge in [-0.25, -0.2) is 0 Å². The van der Waals surface area contributed by atoms with Gasteiger partial charge in [-0.3, -0.25) is 4.79 Å². The minimum atomic E-state index is -0.105. The van der Waals surface area contributed by atoms with Crippen LogP contribution < -0.4 is 10.1 Å². The van der Waals surface area contributed by atoms with Gasteiger partial charge in [0.1, 0.15) is 5.75 Å². The van der Waals surface area contributed by atoms with Gasteiger partial charge in [0.25, 0.3) is 0 Å². The van der Waals surface area contributed by atoms with Crippen LogP contribution in [0, 0.1) is 6.92 Å². The number of amides is 1. The molecule has 3 heteroatoms. The molecule has 0 aromatic heterocycles. The van der Waals surface area contributed by atoms with E-state index in [0.717, 1.165) is 16.9 Å². The maximum absolute atomic E-state index is 12.0. The average Bonchev–Trinajstić information content (AvgIpc) is 2.55. The molecule has 0 radical (unpaired) electrons. The van der Waals surface area contributed by atoms with Crippen molar-refractivity contribution in [2.75, 3.05) is 6.61 Å². The van der Waals surface area contributed by atoms with E-state index >= 15 is 0 Å². The van der Waals surface area contributed by atoms with Crippen molar-refractivity contribution in [3.05, 3.63) is 71.3 Å². The molecule has 1 amide bonds. The molecule has 120 valence electrons. The molecule has 0 fully saturated rings. The summed E-state index contributed by atoms with van der Waals surface area (Å²) in [5.41, 5.74) is 3.26. The van der Waals surface area contributed by atoms with E-state index in [1.807, 2.05) is 75.4 Å². The number of nitrogens with one attached hydrogen (secondary N) is 1. The highest BCUT2D eigenvalue weighted by molar-refractivity contribution is 5.91. The molecule has 0 spiro atoms. The van der Waals surface area contributed by atoms with Gasteiger partial charge in [0, 0.05) is 6.08 Å². The highest BCUT2D eigenvalue weighted by Gasteiger charge is 2.07. The summed E-state index contributed by atoms with van der Waals surface area (Å²) in [6.07, 6.45) is 3.38. The van der Waals surface area contributed by atoms with Crippen LogP contribution in [-0.4, -0.2) is 12.5 Å². The molecule has 0 bridgehead atoms. The van der Waals surface area contributed by atoms with Crippen molar-refractivity contribution >= 4 is 12.0 Å². The van der Waals surface area contributed by atoms with Gasteiger partial charge in [0.05, 0.1) is 12.6 Å². The number of carbonyl (C=O) groups is 1. The zero-order valence-corrected chi connectivity index (χ0v) is 13.9. The second-order valence-electron chi connectivity index (χ2n) is 5.48. The van der Waals surface area contributed by atoms with Gasteiger partial charge in [-0.1, -0.05) is 42.0 Å². The lowest BCUT2D eigenvalue weighted by Gasteiger charge is -2.13. The molecule has 1 unspecified atom stereocenters. The Morgan fingerprint density at radius 2 is 1.78 bits per heavy atom. The predicted molar refractivity (Wildman–Crippen MR) is 94.4 cm³/mol. The highest BCUT2D eigenvalue weighted by atomic mass is 16.5. The first-order valence-corrected chi connectivity index (χ1v) is 7.86. The van der Waals surface area contributed by atoms with E-state index in [4.69, 9.17) is 4.74 Å². The van der Waals surface area contributed by atoms with Gasteiger partial charge in [-0.2, -0.15) is 0 Å². The Balaban J connectivity index is 1.92. The number of carbonyl (C=O) groups excluding carboxylic acids is 1. The summed E-state index contributed by atoms with van der Waals surface area (Å²) in [5, 5.41) is 2.96. The van der Waals surface area contributed by atoms with E-state index in [1.165, 1.54) is 5.56 Å². The first-order chi connectivity index (χ1) is 11.1. The fourth-order valence-electron chi connectivity index (χ4n) is 2.21. The number of ether oxygens (including phenoxy) is 1. The molecule has 3 nitrogen and oxygen atoms in total. The topological polar surface area (TPSA) is 38.3 Å². The van der Waals surface area contributed by atoms with Crippen LogP contribution in [0.25, 0.3) is 6.08 Å². The van der Waals surface area contributed by atoms with Crippen LogP contribution in [0.4, 0.5) is 0 Å². The lowest BCUT2D eigenvalue weighted by Crippen LogP contribution is -2.24. The second kappa shape index (κ2) is 8.18. The summed E-state index contributed by atoms with van der Waals surface area (Å²) in [6, 6.07) is 15.8. The molecule has 0 aliphatic rings. The van der Waals surface area contributed by atoms with Crippen molar-refractivity contribution in [3.63, 3.8) is 0 Å². The molecule has 2 rings (SSSR count). The van der Waals surface area contributed by atoms with Gasteiger partial charge >= 0.3 is 0 Å². The Morgan fingerprint density at radius 3 is 2.39 bits per heavy atom. The van der Waals surface area contributed by atoms with Crippen molar-refractivity contribution in [2.24, 2.45) is 0 Å². The summed E-state index contributed by atoms with van der Waals surface area (Å²) in [6.45, 7) is 6.61.